The van der Waals surface area contributed by atoms with Crippen molar-refractivity contribution in [3.63, 3.8) is 0 Å². The SMILES string of the molecule is CCNC(C(=O)O)C1CCCCN1Cc1ccccc1. The highest BCUT2D eigenvalue weighted by atomic mass is 16.4. The van der Waals surface area contributed by atoms with Gasteiger partial charge in [-0.05, 0) is 31.5 Å². The number of carboxylic acid groups (broad SMARTS) is 1. The summed E-state index contributed by atoms with van der Waals surface area (Å²) in [7, 11) is 0. The third-order valence-corrected chi connectivity index (χ3v) is 3.97. The summed E-state index contributed by atoms with van der Waals surface area (Å²) in [6.45, 7) is 4.46. The molecular weight excluding hydrogens is 252 g/mol. The van der Waals surface area contributed by atoms with Gasteiger partial charge in [0.2, 0.25) is 0 Å². The molecule has 110 valence electrons. The molecular formula is C16H24N2O2. The number of benzene rings is 1. The van der Waals surface area contributed by atoms with E-state index in [1.54, 1.807) is 0 Å². The molecule has 0 radical (unpaired) electrons. The van der Waals surface area contributed by atoms with E-state index in [9.17, 15) is 9.90 Å². The molecule has 1 saturated heterocycles. The van der Waals surface area contributed by atoms with Crippen molar-refractivity contribution in [3.05, 3.63) is 35.9 Å². The molecule has 2 atom stereocenters. The van der Waals surface area contributed by atoms with Crippen LogP contribution in [0.4, 0.5) is 0 Å². The molecule has 1 aliphatic heterocycles. The molecule has 0 saturated carbocycles. The number of carbonyl (C=O) groups is 1. The molecule has 4 heteroatoms. The highest BCUT2D eigenvalue weighted by Crippen LogP contribution is 2.22. The molecule has 2 N–H and O–H groups in total. The van der Waals surface area contributed by atoms with Gasteiger partial charge in [-0.2, -0.15) is 0 Å². The van der Waals surface area contributed by atoms with E-state index >= 15 is 0 Å². The van der Waals surface area contributed by atoms with Gasteiger partial charge in [0, 0.05) is 12.6 Å². The zero-order valence-electron chi connectivity index (χ0n) is 12.1. The molecule has 1 aromatic carbocycles. The van der Waals surface area contributed by atoms with Gasteiger partial charge in [-0.25, -0.2) is 0 Å². The lowest BCUT2D eigenvalue weighted by molar-refractivity contribution is -0.142. The Morgan fingerprint density at radius 3 is 2.80 bits per heavy atom. The van der Waals surface area contributed by atoms with Gasteiger partial charge < -0.3 is 10.4 Å². The molecule has 1 aromatic rings. The Labute approximate surface area is 120 Å². The van der Waals surface area contributed by atoms with Gasteiger partial charge in [0.15, 0.2) is 0 Å². The number of hydrogen-bond acceptors (Lipinski definition) is 3. The van der Waals surface area contributed by atoms with E-state index in [4.69, 9.17) is 0 Å². The number of nitrogens with one attached hydrogen (secondary N) is 1. The van der Waals surface area contributed by atoms with Gasteiger partial charge in [0.05, 0.1) is 0 Å². The second-order valence-corrected chi connectivity index (χ2v) is 5.39. The van der Waals surface area contributed by atoms with Gasteiger partial charge in [0.1, 0.15) is 6.04 Å². The Bertz CT molecular complexity index is 422. The maximum atomic E-state index is 11.5. The maximum Gasteiger partial charge on any atom is 0.322 e. The summed E-state index contributed by atoms with van der Waals surface area (Å²) in [6, 6.07) is 9.91. The van der Waals surface area contributed by atoms with Crippen molar-refractivity contribution >= 4 is 5.97 Å². The normalized spacial score (nSPS) is 21.6. The van der Waals surface area contributed by atoms with E-state index in [0.29, 0.717) is 6.54 Å². The van der Waals surface area contributed by atoms with Crippen LogP contribution in [-0.2, 0) is 11.3 Å². The fourth-order valence-electron chi connectivity index (χ4n) is 3.02. The number of likely N-dealkylation sites (tertiary alicyclic amines) is 1. The van der Waals surface area contributed by atoms with E-state index in [-0.39, 0.29) is 6.04 Å². The lowest BCUT2D eigenvalue weighted by atomic mass is 9.94. The van der Waals surface area contributed by atoms with Gasteiger partial charge in [-0.15, -0.1) is 0 Å². The fourth-order valence-corrected chi connectivity index (χ4v) is 3.02. The van der Waals surface area contributed by atoms with Gasteiger partial charge in [0.25, 0.3) is 0 Å². The molecule has 0 bridgehead atoms. The van der Waals surface area contributed by atoms with E-state index in [0.717, 1.165) is 32.4 Å². The summed E-state index contributed by atoms with van der Waals surface area (Å²) in [5.41, 5.74) is 1.25. The average Bonchev–Trinajstić information content (AvgIpc) is 2.46. The van der Waals surface area contributed by atoms with Crippen LogP contribution < -0.4 is 5.32 Å². The van der Waals surface area contributed by atoms with Gasteiger partial charge >= 0.3 is 5.97 Å². The van der Waals surface area contributed by atoms with Crippen molar-refractivity contribution in [1.82, 2.24) is 10.2 Å². The predicted molar refractivity (Wildman–Crippen MR) is 79.6 cm³/mol. The Kier molecular flexibility index (Phi) is 5.56. The lowest BCUT2D eigenvalue weighted by Gasteiger charge is -2.39. The van der Waals surface area contributed by atoms with Crippen molar-refractivity contribution < 1.29 is 9.90 Å². The maximum absolute atomic E-state index is 11.5. The molecule has 0 aromatic heterocycles. The monoisotopic (exact) mass is 276 g/mol. The van der Waals surface area contributed by atoms with Crippen molar-refractivity contribution in [3.8, 4) is 0 Å². The van der Waals surface area contributed by atoms with Crippen molar-refractivity contribution in [2.24, 2.45) is 0 Å². The number of aliphatic carboxylic acids is 1. The third kappa shape index (κ3) is 3.81. The van der Waals surface area contributed by atoms with E-state index in [1.807, 2.05) is 25.1 Å². The topological polar surface area (TPSA) is 52.6 Å². The molecule has 1 aliphatic rings. The first-order chi connectivity index (χ1) is 9.72. The Morgan fingerprint density at radius 1 is 1.40 bits per heavy atom. The smallest absolute Gasteiger partial charge is 0.322 e. The number of piperidine rings is 1. The summed E-state index contributed by atoms with van der Waals surface area (Å²) in [5.74, 6) is -0.739. The average molecular weight is 276 g/mol. The van der Waals surface area contributed by atoms with E-state index in [2.05, 4.69) is 22.3 Å². The van der Waals surface area contributed by atoms with Crippen LogP contribution in [0.3, 0.4) is 0 Å². The molecule has 2 unspecified atom stereocenters. The summed E-state index contributed by atoms with van der Waals surface area (Å²) >= 11 is 0. The summed E-state index contributed by atoms with van der Waals surface area (Å²) < 4.78 is 0. The standard InChI is InChI=1S/C16H24N2O2/c1-2-17-15(16(19)20)14-10-6-7-11-18(14)12-13-8-4-3-5-9-13/h3-5,8-9,14-15,17H,2,6-7,10-12H2,1H3,(H,19,20). The van der Waals surface area contributed by atoms with Gasteiger partial charge in [-0.1, -0.05) is 43.7 Å². The van der Waals surface area contributed by atoms with Crippen LogP contribution >= 0.6 is 0 Å². The quantitative estimate of drug-likeness (QED) is 0.835. The van der Waals surface area contributed by atoms with Crippen LogP contribution in [0.25, 0.3) is 0 Å². The van der Waals surface area contributed by atoms with Crippen molar-refractivity contribution in [2.45, 2.75) is 44.8 Å². The summed E-state index contributed by atoms with van der Waals surface area (Å²) in [5, 5.41) is 12.6. The van der Waals surface area contributed by atoms with E-state index < -0.39 is 12.0 Å². The fraction of sp³-hybridized carbons (Fsp3) is 0.562. The first-order valence-corrected chi connectivity index (χ1v) is 7.46. The number of likely N-dealkylation sites (N-methyl/N-ethyl adjacent to an activating group) is 1. The molecule has 0 amide bonds. The lowest BCUT2D eigenvalue weighted by Crippen LogP contribution is -2.55. The zero-order chi connectivity index (χ0) is 14.4. The van der Waals surface area contributed by atoms with Crippen LogP contribution in [0, 0.1) is 0 Å². The molecule has 0 aliphatic carbocycles. The highest BCUT2D eigenvalue weighted by molar-refractivity contribution is 5.74. The highest BCUT2D eigenvalue weighted by Gasteiger charge is 2.33. The minimum Gasteiger partial charge on any atom is -0.480 e. The largest absolute Gasteiger partial charge is 0.480 e. The number of rotatable bonds is 6. The molecule has 4 nitrogen and oxygen atoms in total. The first kappa shape index (κ1) is 15.0. The molecule has 0 spiro atoms. The number of nitrogens with zero attached hydrogens (tertiary/aromatic N) is 1. The van der Waals surface area contributed by atoms with Crippen LogP contribution in [0.15, 0.2) is 30.3 Å². The van der Waals surface area contributed by atoms with Crippen molar-refractivity contribution in [2.75, 3.05) is 13.1 Å². The van der Waals surface area contributed by atoms with Crippen LogP contribution in [0.1, 0.15) is 31.7 Å². The van der Waals surface area contributed by atoms with Crippen molar-refractivity contribution in [1.29, 1.82) is 0 Å². The molecule has 1 heterocycles. The first-order valence-electron chi connectivity index (χ1n) is 7.46. The summed E-state index contributed by atoms with van der Waals surface area (Å²) in [4.78, 5) is 13.8. The molecule has 2 rings (SSSR count). The van der Waals surface area contributed by atoms with Crippen LogP contribution in [0.5, 0.6) is 0 Å². The Balaban J connectivity index is 2.09. The number of carboxylic acids is 1. The summed E-state index contributed by atoms with van der Waals surface area (Å²) in [6.07, 6.45) is 3.23. The minimum atomic E-state index is -0.739. The van der Waals surface area contributed by atoms with Gasteiger partial charge in [-0.3, -0.25) is 9.69 Å². The van der Waals surface area contributed by atoms with Crippen LogP contribution in [0.2, 0.25) is 0 Å². The minimum absolute atomic E-state index is 0.0846. The Morgan fingerprint density at radius 2 is 2.15 bits per heavy atom. The van der Waals surface area contributed by atoms with Crippen LogP contribution in [-0.4, -0.2) is 41.1 Å². The Hall–Kier alpha value is -1.39. The predicted octanol–water partition coefficient (Wildman–Crippen LogP) is 2.10. The molecule has 20 heavy (non-hydrogen) atoms. The second-order valence-electron chi connectivity index (χ2n) is 5.39. The second kappa shape index (κ2) is 7.41. The molecule has 1 fully saturated rings. The number of hydrogen-bond donors (Lipinski definition) is 2. The van der Waals surface area contributed by atoms with E-state index in [1.165, 1.54) is 5.56 Å². The zero-order valence-corrected chi connectivity index (χ0v) is 12.1. The third-order valence-electron chi connectivity index (χ3n) is 3.97.